The van der Waals surface area contributed by atoms with E-state index >= 15 is 0 Å². The summed E-state index contributed by atoms with van der Waals surface area (Å²) in [6.07, 6.45) is 3.25. The van der Waals surface area contributed by atoms with E-state index in [-0.39, 0.29) is 29.8 Å². The monoisotopic (exact) mass is 355 g/mol. The fraction of sp³-hybridized carbons (Fsp3) is 0.500. The predicted molar refractivity (Wildman–Crippen MR) is 98.8 cm³/mol. The second-order valence-electron chi connectivity index (χ2n) is 7.51. The van der Waals surface area contributed by atoms with Crippen molar-refractivity contribution in [3.05, 3.63) is 36.0 Å². The molecule has 138 valence electrons. The molecule has 2 aliphatic rings. The van der Waals surface area contributed by atoms with Gasteiger partial charge in [-0.2, -0.15) is 0 Å². The lowest BCUT2D eigenvalue weighted by Crippen LogP contribution is -2.56. The lowest BCUT2D eigenvalue weighted by molar-refractivity contribution is -0.128. The van der Waals surface area contributed by atoms with E-state index in [0.29, 0.717) is 24.6 Å². The van der Waals surface area contributed by atoms with Gasteiger partial charge in [0.15, 0.2) is 0 Å². The molecule has 0 spiro atoms. The van der Waals surface area contributed by atoms with Gasteiger partial charge in [-0.25, -0.2) is 0 Å². The summed E-state index contributed by atoms with van der Waals surface area (Å²) >= 11 is 0. The van der Waals surface area contributed by atoms with Crippen molar-refractivity contribution in [2.75, 3.05) is 13.7 Å². The molecular formula is C20H25N3O3. The standard InChI is InChI=1S/C20H25N3O3/c1-26-11-13-9-19(24)23-17-10-14(6-7-15(13)17)21-20(25)18-8-12-4-2-3-5-16(12)22-18/h2-5,8,13-15,17,22H,6-7,9-11H2,1H3,(H,21,25)(H,23,24). The van der Waals surface area contributed by atoms with E-state index in [4.69, 9.17) is 4.74 Å². The van der Waals surface area contributed by atoms with E-state index in [9.17, 15) is 9.59 Å². The summed E-state index contributed by atoms with van der Waals surface area (Å²) in [5.41, 5.74) is 1.54. The molecule has 26 heavy (non-hydrogen) atoms. The molecule has 1 aliphatic heterocycles. The molecule has 6 heteroatoms. The first kappa shape index (κ1) is 17.1. The van der Waals surface area contributed by atoms with Gasteiger partial charge in [0, 0.05) is 43.1 Å². The molecule has 4 unspecified atom stereocenters. The zero-order valence-corrected chi connectivity index (χ0v) is 15.0. The Kier molecular flexibility index (Phi) is 4.68. The number of rotatable bonds is 4. The number of carbonyl (C=O) groups excluding carboxylic acids is 2. The number of methoxy groups -OCH3 is 1. The third kappa shape index (κ3) is 3.33. The Labute approximate surface area is 152 Å². The van der Waals surface area contributed by atoms with Crippen LogP contribution < -0.4 is 10.6 Å². The number of nitrogens with one attached hydrogen (secondary N) is 3. The third-order valence-corrected chi connectivity index (χ3v) is 5.79. The van der Waals surface area contributed by atoms with Crippen LogP contribution in [-0.2, 0) is 9.53 Å². The first-order valence-electron chi connectivity index (χ1n) is 9.31. The zero-order chi connectivity index (χ0) is 18.1. The maximum atomic E-state index is 12.6. The van der Waals surface area contributed by atoms with E-state index in [0.717, 1.165) is 30.2 Å². The van der Waals surface area contributed by atoms with Gasteiger partial charge < -0.3 is 20.4 Å². The fourth-order valence-electron chi connectivity index (χ4n) is 4.57. The van der Waals surface area contributed by atoms with E-state index in [2.05, 4.69) is 15.6 Å². The number of carbonyl (C=O) groups is 2. The molecule has 2 fully saturated rings. The molecular weight excluding hydrogens is 330 g/mol. The summed E-state index contributed by atoms with van der Waals surface area (Å²) in [5, 5.41) is 7.29. The second kappa shape index (κ2) is 7.11. The number of fused-ring (bicyclic) bond motifs is 2. The maximum Gasteiger partial charge on any atom is 0.267 e. The van der Waals surface area contributed by atoms with E-state index in [1.165, 1.54) is 0 Å². The lowest BCUT2D eigenvalue weighted by Gasteiger charge is -2.43. The van der Waals surface area contributed by atoms with Gasteiger partial charge >= 0.3 is 0 Å². The van der Waals surface area contributed by atoms with Crippen LogP contribution in [0.4, 0.5) is 0 Å². The van der Waals surface area contributed by atoms with E-state index < -0.39 is 0 Å². The van der Waals surface area contributed by atoms with Gasteiger partial charge in [-0.1, -0.05) is 18.2 Å². The highest BCUT2D eigenvalue weighted by atomic mass is 16.5. The summed E-state index contributed by atoms with van der Waals surface area (Å²) < 4.78 is 5.30. The molecule has 1 aromatic carbocycles. The molecule has 2 amide bonds. The number of hydrogen-bond donors (Lipinski definition) is 3. The number of aromatic nitrogens is 1. The minimum absolute atomic E-state index is 0.0803. The minimum Gasteiger partial charge on any atom is -0.384 e. The van der Waals surface area contributed by atoms with Crippen molar-refractivity contribution in [3.8, 4) is 0 Å². The molecule has 1 aliphatic carbocycles. The molecule has 2 aromatic rings. The molecule has 1 saturated carbocycles. The fourth-order valence-corrected chi connectivity index (χ4v) is 4.57. The Bertz CT molecular complexity index is 782. The molecule has 6 nitrogen and oxygen atoms in total. The normalized spacial score (nSPS) is 28.4. The SMILES string of the molecule is COCC1CC(=O)NC2CC(NC(=O)c3cc4ccccc4[nH]3)CCC12. The molecule has 3 N–H and O–H groups in total. The Morgan fingerprint density at radius 1 is 1.31 bits per heavy atom. The first-order chi connectivity index (χ1) is 12.6. The number of ether oxygens (including phenoxy) is 1. The van der Waals surface area contributed by atoms with Crippen LogP contribution in [0.2, 0.25) is 0 Å². The molecule has 0 radical (unpaired) electrons. The molecule has 1 saturated heterocycles. The van der Waals surface area contributed by atoms with Crippen LogP contribution in [0, 0.1) is 11.8 Å². The van der Waals surface area contributed by atoms with Gasteiger partial charge in [0.05, 0.1) is 0 Å². The predicted octanol–water partition coefficient (Wildman–Crippen LogP) is 2.22. The number of hydrogen-bond acceptors (Lipinski definition) is 3. The van der Waals surface area contributed by atoms with Crippen molar-refractivity contribution in [1.82, 2.24) is 15.6 Å². The molecule has 1 aromatic heterocycles. The highest BCUT2D eigenvalue weighted by molar-refractivity contribution is 5.98. The van der Waals surface area contributed by atoms with Gasteiger partial charge in [-0.15, -0.1) is 0 Å². The van der Waals surface area contributed by atoms with Crippen molar-refractivity contribution in [3.63, 3.8) is 0 Å². The number of piperidine rings is 1. The first-order valence-corrected chi connectivity index (χ1v) is 9.31. The number of para-hydroxylation sites is 1. The van der Waals surface area contributed by atoms with Gasteiger partial charge in [0.2, 0.25) is 5.91 Å². The van der Waals surface area contributed by atoms with Crippen LogP contribution in [-0.4, -0.2) is 42.6 Å². The Morgan fingerprint density at radius 2 is 2.15 bits per heavy atom. The summed E-state index contributed by atoms with van der Waals surface area (Å²) in [6.45, 7) is 0.626. The topological polar surface area (TPSA) is 83.2 Å². The molecule has 0 bridgehead atoms. The lowest BCUT2D eigenvalue weighted by atomic mass is 9.71. The largest absolute Gasteiger partial charge is 0.384 e. The smallest absolute Gasteiger partial charge is 0.267 e. The number of amides is 2. The van der Waals surface area contributed by atoms with Crippen molar-refractivity contribution in [2.45, 2.75) is 37.8 Å². The van der Waals surface area contributed by atoms with Crippen LogP contribution in [0.1, 0.15) is 36.2 Å². The molecule has 4 atom stereocenters. The van der Waals surface area contributed by atoms with Gasteiger partial charge in [-0.05, 0) is 43.2 Å². The highest BCUT2D eigenvalue weighted by Gasteiger charge is 2.40. The Balaban J connectivity index is 1.41. The van der Waals surface area contributed by atoms with Crippen LogP contribution in [0.5, 0.6) is 0 Å². The minimum atomic E-state index is -0.0831. The average molecular weight is 355 g/mol. The van der Waals surface area contributed by atoms with Crippen molar-refractivity contribution in [1.29, 1.82) is 0 Å². The summed E-state index contributed by atoms with van der Waals surface area (Å²) in [7, 11) is 1.69. The quantitative estimate of drug-likeness (QED) is 0.786. The van der Waals surface area contributed by atoms with Crippen molar-refractivity contribution in [2.24, 2.45) is 11.8 Å². The highest BCUT2D eigenvalue weighted by Crippen LogP contribution is 2.35. The molecule has 2 heterocycles. The van der Waals surface area contributed by atoms with Gasteiger partial charge in [0.1, 0.15) is 5.69 Å². The average Bonchev–Trinajstić information content (AvgIpc) is 3.06. The van der Waals surface area contributed by atoms with Gasteiger partial charge in [-0.3, -0.25) is 9.59 Å². The Morgan fingerprint density at radius 3 is 2.96 bits per heavy atom. The van der Waals surface area contributed by atoms with Crippen molar-refractivity contribution < 1.29 is 14.3 Å². The molecule has 4 rings (SSSR count). The third-order valence-electron chi connectivity index (χ3n) is 5.79. The van der Waals surface area contributed by atoms with E-state index in [1.54, 1.807) is 7.11 Å². The van der Waals surface area contributed by atoms with Crippen LogP contribution in [0.25, 0.3) is 10.9 Å². The summed E-state index contributed by atoms with van der Waals surface area (Å²) in [5.74, 6) is 0.731. The van der Waals surface area contributed by atoms with Gasteiger partial charge in [0.25, 0.3) is 5.91 Å². The zero-order valence-electron chi connectivity index (χ0n) is 15.0. The number of aromatic amines is 1. The number of H-pyrrole nitrogens is 1. The van der Waals surface area contributed by atoms with Crippen LogP contribution in [0.15, 0.2) is 30.3 Å². The second-order valence-corrected chi connectivity index (χ2v) is 7.51. The van der Waals surface area contributed by atoms with Crippen LogP contribution in [0.3, 0.4) is 0 Å². The van der Waals surface area contributed by atoms with E-state index in [1.807, 2.05) is 30.3 Å². The van der Waals surface area contributed by atoms with Crippen LogP contribution >= 0.6 is 0 Å². The summed E-state index contributed by atoms with van der Waals surface area (Å²) in [4.78, 5) is 27.8. The van der Waals surface area contributed by atoms with Crippen molar-refractivity contribution >= 4 is 22.7 Å². The summed E-state index contributed by atoms with van der Waals surface area (Å²) in [6, 6.07) is 9.94. The maximum absolute atomic E-state index is 12.6. The number of benzene rings is 1. The Hall–Kier alpha value is -2.34.